The van der Waals surface area contributed by atoms with E-state index in [0.717, 1.165) is 0 Å². The molecule has 2 nitrogen and oxygen atoms in total. The summed E-state index contributed by atoms with van der Waals surface area (Å²) in [5.74, 6) is -40.3. The Hall–Kier alpha value is -0.670. The molecule has 0 bridgehead atoms. The lowest BCUT2D eigenvalue weighted by molar-refractivity contribution is -0.437. The van der Waals surface area contributed by atoms with Crippen molar-refractivity contribution in [2.75, 3.05) is 5.75 Å². The lowest BCUT2D eigenvalue weighted by Crippen LogP contribution is -2.70. The smallest absolute Gasteiger partial charge is 0.212 e. The van der Waals surface area contributed by atoms with E-state index < -0.39 is 57.0 Å². The molecule has 0 atom stereocenters. The van der Waals surface area contributed by atoms with Crippen molar-refractivity contribution in [3.63, 3.8) is 0 Å². The highest BCUT2D eigenvalue weighted by Gasteiger charge is 2.90. The molecule has 0 fully saturated rings. The van der Waals surface area contributed by atoms with Gasteiger partial charge in [-0.25, -0.2) is 8.42 Å². The van der Waals surface area contributed by atoms with Crippen molar-refractivity contribution in [2.45, 2.75) is 35.8 Å². The van der Waals surface area contributed by atoms with Gasteiger partial charge >= 0.3 is 35.8 Å². The second kappa shape index (κ2) is 6.20. The van der Waals surface area contributed by atoms with Crippen molar-refractivity contribution in [2.24, 2.45) is 0 Å². The van der Waals surface area contributed by atoms with Crippen LogP contribution in [0.1, 0.15) is 0 Å². The van der Waals surface area contributed by atoms with Crippen LogP contribution in [0.25, 0.3) is 0 Å². The zero-order chi connectivity index (χ0) is 20.9. The molecule has 0 aliphatic rings. The molecule has 0 heterocycles. The first-order valence-electron chi connectivity index (χ1n) is 5.18. The highest BCUT2D eigenvalue weighted by Crippen LogP contribution is 2.60. The minimum atomic E-state index is -8.03. The third kappa shape index (κ3) is 4.03. The summed E-state index contributed by atoms with van der Waals surface area (Å²) in [4.78, 5) is 0. The third-order valence-corrected chi connectivity index (χ3v) is 3.44. The van der Waals surface area contributed by atoms with Gasteiger partial charge in [-0.3, -0.25) is 0 Å². The van der Waals surface area contributed by atoms with Crippen LogP contribution < -0.4 is 0 Å². The van der Waals surface area contributed by atoms with E-state index >= 15 is 0 Å². The molecule has 0 aromatic rings. The van der Waals surface area contributed by atoms with Gasteiger partial charge in [0.15, 0.2) is 0 Å². The molecule has 0 spiro atoms. The summed E-state index contributed by atoms with van der Waals surface area (Å²) in [7, 11) is -0.823. The zero-order valence-electron chi connectivity index (χ0n) is 10.8. The average Bonchev–Trinajstić information content (AvgIpc) is 2.33. The quantitative estimate of drug-likeness (QED) is 0.427. The first-order chi connectivity index (χ1) is 10.5. The van der Waals surface area contributed by atoms with Crippen molar-refractivity contribution in [3.05, 3.63) is 6.42 Å². The maximum Gasteiger partial charge on any atom is 0.460 e. The van der Waals surface area contributed by atoms with E-state index in [1.165, 1.54) is 0 Å². The van der Waals surface area contributed by atoms with Crippen molar-refractivity contribution in [3.8, 4) is 0 Å². The van der Waals surface area contributed by atoms with E-state index in [1.54, 1.807) is 0 Å². The fourth-order valence-electron chi connectivity index (χ4n) is 1.11. The Bertz CT molecular complexity index is 594. The van der Waals surface area contributed by atoms with E-state index in [4.69, 9.17) is 0 Å². The van der Waals surface area contributed by atoms with E-state index in [0.29, 0.717) is 0 Å². The minimum absolute atomic E-state index is 1.55. The summed E-state index contributed by atoms with van der Waals surface area (Å²) in [5, 5.41) is 0. The second-order valence-corrected chi connectivity index (χ2v) is 7.15. The first kappa shape index (κ1) is 24.3. The fraction of sp³-hybridized carbons (Fsp3) is 0.875. The van der Waals surface area contributed by atoms with Crippen molar-refractivity contribution < 1.29 is 65.5 Å². The topological polar surface area (TPSA) is 34.1 Å². The lowest BCUT2D eigenvalue weighted by Gasteiger charge is -2.39. The van der Waals surface area contributed by atoms with Gasteiger partial charge < -0.3 is 0 Å². The highest BCUT2D eigenvalue weighted by atomic mass is 35.7. The molecule has 0 aromatic carbocycles. The summed E-state index contributed by atoms with van der Waals surface area (Å²) in [6.45, 7) is 0. The van der Waals surface area contributed by atoms with Crippen LogP contribution in [0, 0.1) is 6.42 Å². The Kier molecular flexibility index (Phi) is 6.03. The number of hydrogen-bond donors (Lipinski definition) is 0. The lowest BCUT2D eigenvalue weighted by atomic mass is 9.93. The van der Waals surface area contributed by atoms with Crippen LogP contribution in [0.15, 0.2) is 0 Å². The van der Waals surface area contributed by atoms with Crippen molar-refractivity contribution >= 4 is 19.7 Å². The van der Waals surface area contributed by atoms with E-state index in [9.17, 15) is 65.5 Å². The van der Waals surface area contributed by atoms with Crippen LogP contribution >= 0.6 is 10.7 Å². The molecule has 0 saturated heterocycles. The largest absolute Gasteiger partial charge is 0.460 e. The predicted molar refractivity (Wildman–Crippen MR) is 54.7 cm³/mol. The number of alkyl halides is 13. The monoisotopic (exact) mass is 445 g/mol. The summed E-state index contributed by atoms with van der Waals surface area (Å²) in [6.07, 6.45) is -9.06. The van der Waals surface area contributed by atoms with Gasteiger partial charge in [0.2, 0.25) is 9.05 Å². The van der Waals surface area contributed by atoms with Gasteiger partial charge in [0.25, 0.3) is 0 Å². The maximum atomic E-state index is 13.0. The van der Waals surface area contributed by atoms with Gasteiger partial charge in [0.05, 0.1) is 12.2 Å². The first-order valence-corrected chi connectivity index (χ1v) is 7.66. The Morgan fingerprint density at radius 1 is 0.640 bits per heavy atom. The van der Waals surface area contributed by atoms with Gasteiger partial charge in [-0.1, -0.05) is 0 Å². The van der Waals surface area contributed by atoms with E-state index in [2.05, 4.69) is 10.7 Å². The minimum Gasteiger partial charge on any atom is -0.212 e. The van der Waals surface area contributed by atoms with Crippen molar-refractivity contribution in [1.29, 1.82) is 0 Å². The normalized spacial score (nSPS) is 16.2. The van der Waals surface area contributed by atoms with Gasteiger partial charge in [0, 0.05) is 10.7 Å². The summed E-state index contributed by atoms with van der Waals surface area (Å²) in [6, 6.07) is 0. The molecule has 0 amide bonds. The summed E-state index contributed by atoms with van der Waals surface area (Å²) >= 11 is 0. The average molecular weight is 446 g/mol. The SMILES string of the molecule is O=S(=O)(Cl)C[CH]C(F)(F)C(F)(F)C(F)(F)C(F)(F)C(F)(F)C(F)(F)F. The van der Waals surface area contributed by atoms with Crippen LogP contribution in [0.4, 0.5) is 57.1 Å². The molecule has 17 heteroatoms. The molecule has 0 unspecified atom stereocenters. The molecule has 0 aliphatic carbocycles. The standard InChI is InChI=1S/C8H3ClF13O2S/c9-25(23,24)2-1-3(10,11)4(12,13)5(14,15)6(16,17)7(18,19)8(20,21)22/h1H,2H2. The van der Waals surface area contributed by atoms with Crippen LogP contribution in [-0.4, -0.2) is 50.0 Å². The maximum absolute atomic E-state index is 13.0. The number of rotatable bonds is 7. The van der Waals surface area contributed by atoms with E-state index in [1.807, 2.05) is 0 Å². The molecule has 0 saturated carbocycles. The molecule has 0 aliphatic heterocycles. The van der Waals surface area contributed by atoms with Crippen LogP contribution in [0.5, 0.6) is 0 Å². The molecule has 1 radical (unpaired) electrons. The van der Waals surface area contributed by atoms with E-state index in [-0.39, 0.29) is 0 Å². The van der Waals surface area contributed by atoms with Gasteiger partial charge in [-0.2, -0.15) is 57.1 Å². The summed E-state index contributed by atoms with van der Waals surface area (Å²) < 4.78 is 184. The fourth-order valence-corrected chi connectivity index (χ4v) is 1.71. The summed E-state index contributed by atoms with van der Waals surface area (Å²) in [5.41, 5.74) is 0. The predicted octanol–water partition coefficient (Wildman–Crippen LogP) is 4.50. The molecule has 25 heavy (non-hydrogen) atoms. The number of hydrogen-bond acceptors (Lipinski definition) is 2. The Morgan fingerprint density at radius 3 is 1.24 bits per heavy atom. The van der Waals surface area contributed by atoms with Crippen molar-refractivity contribution in [1.82, 2.24) is 0 Å². The molecule has 0 aromatic heterocycles. The molecular formula is C8H3ClF13O2S. The molecule has 0 N–H and O–H groups in total. The van der Waals surface area contributed by atoms with Crippen LogP contribution in [0.2, 0.25) is 0 Å². The second-order valence-electron chi connectivity index (χ2n) is 4.33. The molecule has 151 valence electrons. The van der Waals surface area contributed by atoms with Gasteiger partial charge in [-0.05, 0) is 0 Å². The Labute approximate surface area is 134 Å². The zero-order valence-corrected chi connectivity index (χ0v) is 12.4. The Morgan fingerprint density at radius 2 is 0.960 bits per heavy atom. The van der Waals surface area contributed by atoms with Crippen LogP contribution in [0.3, 0.4) is 0 Å². The van der Waals surface area contributed by atoms with Crippen LogP contribution in [-0.2, 0) is 9.05 Å². The molecule has 0 rings (SSSR count). The van der Waals surface area contributed by atoms with Gasteiger partial charge in [-0.15, -0.1) is 0 Å². The Balaban J connectivity index is 6.11. The number of halogens is 14. The third-order valence-electron chi connectivity index (χ3n) is 2.50. The highest BCUT2D eigenvalue weighted by molar-refractivity contribution is 8.13. The molecular weight excluding hydrogens is 443 g/mol. The van der Waals surface area contributed by atoms with Gasteiger partial charge in [0.1, 0.15) is 0 Å².